The number of pyridine rings is 1. The van der Waals surface area contributed by atoms with Gasteiger partial charge in [-0.25, -0.2) is 4.98 Å². The zero-order chi connectivity index (χ0) is 22.1. The van der Waals surface area contributed by atoms with E-state index in [1.807, 2.05) is 47.1 Å². The molecule has 2 unspecified atom stereocenters. The molecule has 2 amide bonds. The smallest absolute Gasteiger partial charge is 0.254 e. The first kappa shape index (κ1) is 20.7. The molecule has 0 radical (unpaired) electrons. The van der Waals surface area contributed by atoms with Crippen molar-refractivity contribution in [3.8, 4) is 0 Å². The summed E-state index contributed by atoms with van der Waals surface area (Å²) in [6, 6.07) is 9.58. The van der Waals surface area contributed by atoms with E-state index in [2.05, 4.69) is 9.97 Å². The van der Waals surface area contributed by atoms with E-state index in [0.717, 1.165) is 60.2 Å². The summed E-state index contributed by atoms with van der Waals surface area (Å²) >= 11 is 0. The molecule has 2 fully saturated rings. The van der Waals surface area contributed by atoms with Crippen molar-refractivity contribution in [3.63, 3.8) is 0 Å². The SMILES string of the molecule is Cc1ccccc1C(=O)N1CCCC(C(=O)N2CCCC(c3nc4ccncc4[nH]3)C2)C1. The first-order valence-corrected chi connectivity index (χ1v) is 11.5. The number of nitrogens with one attached hydrogen (secondary N) is 1. The average molecular weight is 432 g/mol. The minimum atomic E-state index is -0.129. The van der Waals surface area contributed by atoms with Gasteiger partial charge < -0.3 is 14.8 Å². The molecule has 1 aromatic carbocycles. The van der Waals surface area contributed by atoms with E-state index in [9.17, 15) is 9.59 Å². The minimum Gasteiger partial charge on any atom is -0.342 e. The van der Waals surface area contributed by atoms with E-state index in [4.69, 9.17) is 4.98 Å². The third kappa shape index (κ3) is 3.99. The van der Waals surface area contributed by atoms with Crippen LogP contribution in [-0.4, -0.2) is 62.7 Å². The van der Waals surface area contributed by atoms with Gasteiger partial charge in [-0.3, -0.25) is 14.6 Å². The third-order valence-electron chi connectivity index (χ3n) is 6.85. The Labute approximate surface area is 187 Å². The van der Waals surface area contributed by atoms with Crippen LogP contribution in [0.5, 0.6) is 0 Å². The molecule has 7 heteroatoms. The number of aryl methyl sites for hydroxylation is 1. The summed E-state index contributed by atoms with van der Waals surface area (Å²) < 4.78 is 0. The quantitative estimate of drug-likeness (QED) is 0.688. The summed E-state index contributed by atoms with van der Waals surface area (Å²) in [6.45, 7) is 4.63. The minimum absolute atomic E-state index is 0.0352. The lowest BCUT2D eigenvalue weighted by Crippen LogP contribution is -2.49. The van der Waals surface area contributed by atoms with Gasteiger partial charge in [0, 0.05) is 43.9 Å². The van der Waals surface area contributed by atoms with Crippen LogP contribution in [0.25, 0.3) is 11.0 Å². The highest BCUT2D eigenvalue weighted by atomic mass is 16.2. The van der Waals surface area contributed by atoms with Crippen LogP contribution in [0, 0.1) is 12.8 Å². The van der Waals surface area contributed by atoms with E-state index in [-0.39, 0.29) is 23.7 Å². The summed E-state index contributed by atoms with van der Waals surface area (Å²) in [4.78, 5) is 42.6. The van der Waals surface area contributed by atoms with Gasteiger partial charge in [-0.1, -0.05) is 18.2 Å². The Morgan fingerprint density at radius 3 is 2.69 bits per heavy atom. The fraction of sp³-hybridized carbons (Fsp3) is 0.440. The van der Waals surface area contributed by atoms with Crippen LogP contribution in [0.1, 0.15) is 53.3 Å². The van der Waals surface area contributed by atoms with Crippen LogP contribution in [-0.2, 0) is 4.79 Å². The number of fused-ring (bicyclic) bond motifs is 1. The molecule has 2 aromatic heterocycles. The molecular formula is C25H29N5O2. The lowest BCUT2D eigenvalue weighted by molar-refractivity contribution is -0.138. The zero-order valence-corrected chi connectivity index (χ0v) is 18.5. The van der Waals surface area contributed by atoms with E-state index in [1.54, 1.807) is 12.4 Å². The van der Waals surface area contributed by atoms with Gasteiger partial charge in [-0.15, -0.1) is 0 Å². The number of H-pyrrole nitrogens is 1. The van der Waals surface area contributed by atoms with Gasteiger partial charge in [0.15, 0.2) is 0 Å². The molecule has 7 nitrogen and oxygen atoms in total. The monoisotopic (exact) mass is 431 g/mol. The fourth-order valence-electron chi connectivity index (χ4n) is 5.08. The number of carbonyl (C=O) groups is 2. The highest BCUT2D eigenvalue weighted by molar-refractivity contribution is 5.96. The molecule has 166 valence electrons. The lowest BCUT2D eigenvalue weighted by Gasteiger charge is -2.38. The number of aromatic amines is 1. The number of amides is 2. The molecule has 2 atom stereocenters. The van der Waals surface area contributed by atoms with Crippen molar-refractivity contribution in [2.24, 2.45) is 5.92 Å². The van der Waals surface area contributed by atoms with Gasteiger partial charge in [-0.05, 0) is 50.3 Å². The van der Waals surface area contributed by atoms with Crippen LogP contribution in [0.15, 0.2) is 42.7 Å². The van der Waals surface area contributed by atoms with Crippen LogP contribution in [0.2, 0.25) is 0 Å². The Morgan fingerprint density at radius 2 is 1.84 bits per heavy atom. The highest BCUT2D eigenvalue weighted by Gasteiger charge is 2.34. The van der Waals surface area contributed by atoms with E-state index >= 15 is 0 Å². The molecule has 32 heavy (non-hydrogen) atoms. The van der Waals surface area contributed by atoms with Gasteiger partial charge in [0.2, 0.25) is 5.91 Å². The molecule has 3 aromatic rings. The maximum atomic E-state index is 13.4. The van der Waals surface area contributed by atoms with E-state index in [0.29, 0.717) is 19.6 Å². The molecule has 0 spiro atoms. The molecule has 4 heterocycles. The maximum Gasteiger partial charge on any atom is 0.254 e. The summed E-state index contributed by atoms with van der Waals surface area (Å²) in [7, 11) is 0. The van der Waals surface area contributed by atoms with Crippen molar-refractivity contribution in [3.05, 3.63) is 59.7 Å². The van der Waals surface area contributed by atoms with Crippen LogP contribution < -0.4 is 0 Å². The first-order chi connectivity index (χ1) is 15.6. The molecular weight excluding hydrogens is 402 g/mol. The Hall–Kier alpha value is -3.22. The summed E-state index contributed by atoms with van der Waals surface area (Å²) in [5.74, 6) is 1.22. The van der Waals surface area contributed by atoms with Gasteiger partial charge in [0.1, 0.15) is 5.82 Å². The Kier molecular flexibility index (Phi) is 5.64. The molecule has 0 saturated carbocycles. The number of imidazole rings is 1. The third-order valence-corrected chi connectivity index (χ3v) is 6.85. The number of nitrogens with zero attached hydrogens (tertiary/aromatic N) is 4. The normalized spacial score (nSPS) is 21.7. The second-order valence-corrected chi connectivity index (χ2v) is 9.04. The van der Waals surface area contributed by atoms with Crippen LogP contribution in [0.4, 0.5) is 0 Å². The van der Waals surface area contributed by atoms with Crippen molar-refractivity contribution in [2.75, 3.05) is 26.2 Å². The Balaban J connectivity index is 1.27. The molecule has 0 aliphatic carbocycles. The molecule has 2 aliphatic heterocycles. The maximum absolute atomic E-state index is 13.4. The van der Waals surface area contributed by atoms with Crippen LogP contribution in [0.3, 0.4) is 0 Å². The number of likely N-dealkylation sites (tertiary alicyclic amines) is 2. The average Bonchev–Trinajstić information content (AvgIpc) is 3.28. The Morgan fingerprint density at radius 1 is 1.03 bits per heavy atom. The van der Waals surface area contributed by atoms with Gasteiger partial charge >= 0.3 is 0 Å². The molecule has 2 aliphatic rings. The largest absolute Gasteiger partial charge is 0.342 e. The molecule has 1 N–H and O–H groups in total. The summed E-state index contributed by atoms with van der Waals surface area (Å²) in [6.07, 6.45) is 7.22. The second-order valence-electron chi connectivity index (χ2n) is 9.04. The van der Waals surface area contributed by atoms with E-state index < -0.39 is 0 Å². The number of piperidine rings is 2. The van der Waals surface area contributed by atoms with Crippen molar-refractivity contribution in [1.29, 1.82) is 0 Å². The molecule has 5 rings (SSSR count). The number of rotatable bonds is 3. The standard InChI is InChI=1S/C25H29N5O2/c1-17-6-2-3-9-20(17)25(32)30-13-5-8-19(16-30)24(31)29-12-4-7-18(15-29)23-27-21-10-11-26-14-22(21)28-23/h2-3,6,9-11,14,18-19H,4-5,7-8,12-13,15-16H2,1H3,(H,27,28). The zero-order valence-electron chi connectivity index (χ0n) is 18.5. The predicted molar refractivity (Wildman–Crippen MR) is 122 cm³/mol. The van der Waals surface area contributed by atoms with E-state index in [1.165, 1.54) is 0 Å². The summed E-state index contributed by atoms with van der Waals surface area (Å²) in [5.41, 5.74) is 3.56. The van der Waals surface area contributed by atoms with Crippen LogP contribution >= 0.6 is 0 Å². The first-order valence-electron chi connectivity index (χ1n) is 11.5. The second kappa shape index (κ2) is 8.73. The number of hydrogen-bond acceptors (Lipinski definition) is 4. The number of hydrogen-bond donors (Lipinski definition) is 1. The van der Waals surface area contributed by atoms with Crippen molar-refractivity contribution < 1.29 is 9.59 Å². The topological polar surface area (TPSA) is 82.2 Å². The van der Waals surface area contributed by atoms with Gasteiger partial charge in [0.05, 0.1) is 23.1 Å². The van der Waals surface area contributed by atoms with Crippen molar-refractivity contribution in [2.45, 2.75) is 38.5 Å². The van der Waals surface area contributed by atoms with Crippen molar-refractivity contribution in [1.82, 2.24) is 24.8 Å². The predicted octanol–water partition coefficient (Wildman–Crippen LogP) is 3.52. The Bertz CT molecular complexity index is 1110. The van der Waals surface area contributed by atoms with Gasteiger partial charge in [0.25, 0.3) is 5.91 Å². The number of aromatic nitrogens is 3. The van der Waals surface area contributed by atoms with Gasteiger partial charge in [-0.2, -0.15) is 0 Å². The summed E-state index contributed by atoms with van der Waals surface area (Å²) in [5, 5.41) is 0. The van der Waals surface area contributed by atoms with Crippen molar-refractivity contribution >= 4 is 22.8 Å². The molecule has 2 saturated heterocycles. The highest BCUT2D eigenvalue weighted by Crippen LogP contribution is 2.29. The lowest BCUT2D eigenvalue weighted by atomic mass is 9.92. The number of benzene rings is 1. The fourth-order valence-corrected chi connectivity index (χ4v) is 5.08. The molecule has 0 bridgehead atoms. The number of carbonyl (C=O) groups excluding carboxylic acids is 2.